The molecule has 9 heteroatoms. The number of hydrogen-bond acceptors (Lipinski definition) is 5. The normalized spacial score (nSPS) is 19.6. The zero-order valence-corrected chi connectivity index (χ0v) is 15.1. The van der Waals surface area contributed by atoms with E-state index in [1.807, 2.05) is 11.8 Å². The van der Waals surface area contributed by atoms with E-state index >= 15 is 0 Å². The fourth-order valence-electron chi connectivity index (χ4n) is 3.17. The Balaban J connectivity index is 2.22. The van der Waals surface area contributed by atoms with Crippen LogP contribution in [0.25, 0.3) is 5.70 Å². The molecule has 1 aromatic carbocycles. The number of hydrogen-bond donors (Lipinski definition) is 1. The van der Waals surface area contributed by atoms with Gasteiger partial charge >= 0.3 is 6.18 Å². The van der Waals surface area contributed by atoms with Crippen molar-refractivity contribution in [2.75, 3.05) is 26.2 Å². The van der Waals surface area contributed by atoms with Gasteiger partial charge in [0.15, 0.2) is 0 Å². The van der Waals surface area contributed by atoms with Crippen LogP contribution in [0.4, 0.5) is 23.2 Å². The van der Waals surface area contributed by atoms with E-state index in [-0.39, 0.29) is 16.9 Å². The summed E-state index contributed by atoms with van der Waals surface area (Å²) in [6.45, 7) is 6.38. The van der Waals surface area contributed by atoms with E-state index in [0.29, 0.717) is 25.5 Å². The third-order valence-corrected chi connectivity index (χ3v) is 4.35. The molecule has 0 saturated carbocycles. The second-order valence-electron chi connectivity index (χ2n) is 6.15. The summed E-state index contributed by atoms with van der Waals surface area (Å²) in [5.41, 5.74) is -1.02. The van der Waals surface area contributed by atoms with Crippen molar-refractivity contribution < 1.29 is 17.6 Å². The molecule has 2 aliphatic rings. The van der Waals surface area contributed by atoms with Gasteiger partial charge in [0.2, 0.25) is 5.96 Å². The van der Waals surface area contributed by atoms with E-state index in [9.17, 15) is 17.6 Å². The third kappa shape index (κ3) is 3.69. The first kappa shape index (κ1) is 19.3. The fourth-order valence-corrected chi connectivity index (χ4v) is 3.17. The number of rotatable bonds is 2. The molecule has 1 N–H and O–H groups in total. The number of fused-ring (bicyclic) bond motifs is 1. The lowest BCUT2D eigenvalue weighted by molar-refractivity contribution is -0.140. The molecule has 0 unspecified atom stereocenters. The average Bonchev–Trinajstić information content (AvgIpc) is 2.63. The molecule has 0 atom stereocenters. The van der Waals surface area contributed by atoms with Crippen LogP contribution in [-0.4, -0.2) is 48.3 Å². The first-order valence-electron chi connectivity index (χ1n) is 8.81. The lowest BCUT2D eigenvalue weighted by Gasteiger charge is -2.37. The predicted molar refractivity (Wildman–Crippen MR) is 97.2 cm³/mol. The Bertz CT molecular complexity index is 792. The van der Waals surface area contributed by atoms with E-state index in [1.54, 1.807) is 13.0 Å². The van der Waals surface area contributed by atoms with Crippen LogP contribution >= 0.6 is 0 Å². The summed E-state index contributed by atoms with van der Waals surface area (Å²) < 4.78 is 54.4. The maximum absolute atomic E-state index is 14.9. The van der Waals surface area contributed by atoms with Crippen LogP contribution in [0.3, 0.4) is 0 Å². The molecule has 0 radical (unpaired) electrons. The summed E-state index contributed by atoms with van der Waals surface area (Å²) >= 11 is 0. The number of hydrazone groups is 1. The molecule has 2 aliphatic heterocycles. The van der Waals surface area contributed by atoms with Crippen LogP contribution in [0.5, 0.6) is 0 Å². The van der Waals surface area contributed by atoms with Gasteiger partial charge in [0.25, 0.3) is 0 Å². The number of guanidine groups is 1. The summed E-state index contributed by atoms with van der Waals surface area (Å²) in [6, 6.07) is 1.97. The Morgan fingerprint density at radius 2 is 1.96 bits per heavy atom. The summed E-state index contributed by atoms with van der Waals surface area (Å²) in [5.74, 6) is -0.833. The minimum Gasteiger partial charge on any atom is -0.338 e. The van der Waals surface area contributed by atoms with Gasteiger partial charge in [-0.15, -0.1) is 0 Å². The van der Waals surface area contributed by atoms with Crippen molar-refractivity contribution in [2.45, 2.75) is 26.4 Å². The van der Waals surface area contributed by atoms with Crippen molar-refractivity contribution in [3.8, 4) is 0 Å². The Labute approximate surface area is 155 Å². The van der Waals surface area contributed by atoms with Gasteiger partial charge in [-0.3, -0.25) is 0 Å². The molecule has 0 aliphatic carbocycles. The highest BCUT2D eigenvalue weighted by atomic mass is 19.4. The van der Waals surface area contributed by atoms with Crippen LogP contribution in [0.1, 0.15) is 31.4 Å². The van der Waals surface area contributed by atoms with Gasteiger partial charge in [0.05, 0.1) is 22.5 Å². The SMILES string of the molecule is C/C=N\N1C(N2CCNCC2)=Nc2ccc(C(F)(F)F)c(F)c2/C1=C\CC. The molecule has 1 saturated heterocycles. The maximum atomic E-state index is 14.9. The maximum Gasteiger partial charge on any atom is 0.419 e. The molecule has 146 valence electrons. The van der Waals surface area contributed by atoms with Crippen molar-refractivity contribution in [1.82, 2.24) is 15.2 Å². The highest BCUT2D eigenvalue weighted by molar-refractivity contribution is 5.97. The number of halogens is 4. The molecule has 2 heterocycles. The standard InChI is InChI=1S/C18H21F4N5/c1-3-5-14-15-13(7-6-12(16(15)19)18(20,21)22)25-17(27(14)24-4-2)26-10-8-23-9-11-26/h4-7,23H,3,8-11H2,1-2H3/b14-5+,24-4-. The second-order valence-corrected chi connectivity index (χ2v) is 6.15. The van der Waals surface area contributed by atoms with Crippen LogP contribution in [-0.2, 0) is 6.18 Å². The zero-order chi connectivity index (χ0) is 19.6. The minimum atomic E-state index is -4.78. The van der Waals surface area contributed by atoms with Gasteiger partial charge in [-0.25, -0.2) is 14.4 Å². The zero-order valence-electron chi connectivity index (χ0n) is 15.1. The fraction of sp³-hybridized carbons (Fsp3) is 0.444. The van der Waals surface area contributed by atoms with E-state index in [2.05, 4.69) is 15.4 Å². The highest BCUT2D eigenvalue weighted by Gasteiger charge is 2.39. The first-order chi connectivity index (χ1) is 12.9. The Morgan fingerprint density at radius 3 is 2.56 bits per heavy atom. The van der Waals surface area contributed by atoms with Crippen molar-refractivity contribution in [2.24, 2.45) is 10.1 Å². The molecule has 0 amide bonds. The highest BCUT2D eigenvalue weighted by Crippen LogP contribution is 2.42. The van der Waals surface area contributed by atoms with Crippen LogP contribution in [0.2, 0.25) is 0 Å². The van der Waals surface area contributed by atoms with Gasteiger partial charge in [-0.05, 0) is 25.5 Å². The Hall–Kier alpha value is -2.42. The molecule has 0 bridgehead atoms. The number of nitrogens with one attached hydrogen (secondary N) is 1. The van der Waals surface area contributed by atoms with Gasteiger partial charge in [-0.2, -0.15) is 18.3 Å². The molecular weight excluding hydrogens is 362 g/mol. The van der Waals surface area contributed by atoms with Crippen molar-refractivity contribution in [3.05, 3.63) is 35.2 Å². The number of nitrogens with zero attached hydrogens (tertiary/aromatic N) is 4. The first-order valence-corrected chi connectivity index (χ1v) is 8.81. The van der Waals surface area contributed by atoms with E-state index in [1.165, 1.54) is 17.3 Å². The lowest BCUT2D eigenvalue weighted by Crippen LogP contribution is -2.51. The summed E-state index contributed by atoms with van der Waals surface area (Å²) in [7, 11) is 0. The number of piperazine rings is 1. The topological polar surface area (TPSA) is 43.2 Å². The van der Waals surface area contributed by atoms with Gasteiger partial charge < -0.3 is 10.2 Å². The summed E-state index contributed by atoms with van der Waals surface area (Å²) in [5, 5.41) is 8.94. The number of aliphatic imine (C=N–C) groups is 1. The lowest BCUT2D eigenvalue weighted by atomic mass is 10.0. The Morgan fingerprint density at radius 1 is 1.26 bits per heavy atom. The van der Waals surface area contributed by atoms with Crippen LogP contribution < -0.4 is 5.32 Å². The van der Waals surface area contributed by atoms with E-state index < -0.39 is 17.6 Å². The molecule has 1 aromatic rings. The van der Waals surface area contributed by atoms with Crippen molar-refractivity contribution in [3.63, 3.8) is 0 Å². The predicted octanol–water partition coefficient (Wildman–Crippen LogP) is 3.81. The van der Waals surface area contributed by atoms with Gasteiger partial charge in [0.1, 0.15) is 5.82 Å². The smallest absolute Gasteiger partial charge is 0.338 e. The molecule has 3 rings (SSSR count). The number of alkyl halides is 3. The molecular formula is C18H21F4N5. The van der Waals surface area contributed by atoms with Crippen molar-refractivity contribution >= 4 is 23.6 Å². The Kier molecular flexibility index (Phi) is 5.50. The minimum absolute atomic E-state index is 0.170. The second kappa shape index (κ2) is 7.67. The van der Waals surface area contributed by atoms with E-state index in [0.717, 1.165) is 19.2 Å². The van der Waals surface area contributed by atoms with Crippen LogP contribution in [0.15, 0.2) is 28.3 Å². The largest absolute Gasteiger partial charge is 0.419 e. The molecule has 27 heavy (non-hydrogen) atoms. The number of benzene rings is 1. The molecule has 1 fully saturated rings. The summed E-state index contributed by atoms with van der Waals surface area (Å²) in [6.07, 6.45) is -1.09. The third-order valence-electron chi connectivity index (χ3n) is 4.35. The number of allylic oxidation sites excluding steroid dienone is 1. The quantitative estimate of drug-likeness (QED) is 0.624. The molecule has 5 nitrogen and oxygen atoms in total. The molecule has 0 aromatic heterocycles. The van der Waals surface area contributed by atoms with Gasteiger partial charge in [0, 0.05) is 32.4 Å². The summed E-state index contributed by atoms with van der Waals surface area (Å²) in [4.78, 5) is 6.46. The molecule has 0 spiro atoms. The monoisotopic (exact) mass is 383 g/mol. The van der Waals surface area contributed by atoms with Crippen molar-refractivity contribution in [1.29, 1.82) is 0 Å². The van der Waals surface area contributed by atoms with Crippen LogP contribution in [0, 0.1) is 5.82 Å². The van der Waals surface area contributed by atoms with Gasteiger partial charge in [-0.1, -0.05) is 13.0 Å². The average molecular weight is 383 g/mol. The van der Waals surface area contributed by atoms with E-state index in [4.69, 9.17) is 0 Å².